The zero-order chi connectivity index (χ0) is 18.1. The quantitative estimate of drug-likeness (QED) is 0.520. The Morgan fingerprint density at radius 1 is 0.885 bits per heavy atom. The number of hydrogen-bond acceptors (Lipinski definition) is 4. The fourth-order valence-corrected chi connectivity index (χ4v) is 2.90. The van der Waals surface area contributed by atoms with Crippen LogP contribution >= 0.6 is 0 Å². The van der Waals surface area contributed by atoms with Gasteiger partial charge in [0.25, 0.3) is 0 Å². The van der Waals surface area contributed by atoms with E-state index in [4.69, 9.17) is 4.74 Å². The second-order valence-corrected chi connectivity index (χ2v) is 6.12. The highest BCUT2D eigenvalue weighted by Crippen LogP contribution is 2.30. The van der Waals surface area contributed by atoms with Crippen molar-refractivity contribution in [2.45, 2.75) is 13.8 Å². The monoisotopic (exact) mass is 343 g/mol. The SMILES string of the molecule is Cc1ccc2cc(NC(=O)Oc3ccccc3)c3ccc(C)nc3c2n1. The summed E-state index contributed by atoms with van der Waals surface area (Å²) in [6.07, 6.45) is -0.544. The Hall–Kier alpha value is -3.47. The van der Waals surface area contributed by atoms with Crippen molar-refractivity contribution >= 4 is 33.6 Å². The Morgan fingerprint density at radius 3 is 2.35 bits per heavy atom. The van der Waals surface area contributed by atoms with E-state index in [9.17, 15) is 4.79 Å². The molecule has 2 aromatic carbocycles. The van der Waals surface area contributed by atoms with Crippen molar-refractivity contribution in [2.75, 3.05) is 5.32 Å². The van der Waals surface area contributed by atoms with Crippen LogP contribution in [0.1, 0.15) is 11.4 Å². The first-order valence-electron chi connectivity index (χ1n) is 8.32. The lowest BCUT2D eigenvalue weighted by Gasteiger charge is -2.12. The zero-order valence-electron chi connectivity index (χ0n) is 14.5. The Labute approximate surface area is 150 Å². The summed E-state index contributed by atoms with van der Waals surface area (Å²) in [7, 11) is 0. The summed E-state index contributed by atoms with van der Waals surface area (Å²) in [4.78, 5) is 21.6. The molecule has 2 aromatic heterocycles. The second kappa shape index (κ2) is 6.44. The number of benzene rings is 2. The third-order valence-electron chi connectivity index (χ3n) is 4.10. The number of nitrogens with one attached hydrogen (secondary N) is 1. The molecule has 2 heterocycles. The predicted molar refractivity (Wildman–Crippen MR) is 103 cm³/mol. The van der Waals surface area contributed by atoms with E-state index in [1.165, 1.54) is 0 Å². The van der Waals surface area contributed by atoms with E-state index in [0.717, 1.165) is 33.2 Å². The second-order valence-electron chi connectivity index (χ2n) is 6.12. The third-order valence-corrected chi connectivity index (χ3v) is 4.10. The summed E-state index contributed by atoms with van der Waals surface area (Å²) in [6, 6.07) is 18.6. The van der Waals surface area contributed by atoms with Crippen molar-refractivity contribution in [2.24, 2.45) is 0 Å². The molecule has 0 fully saturated rings. The van der Waals surface area contributed by atoms with E-state index in [1.54, 1.807) is 12.1 Å². The molecule has 0 aliphatic carbocycles. The highest BCUT2D eigenvalue weighted by atomic mass is 16.6. The molecule has 0 atom stereocenters. The minimum atomic E-state index is -0.544. The lowest BCUT2D eigenvalue weighted by molar-refractivity contribution is 0.215. The molecule has 5 nitrogen and oxygen atoms in total. The molecule has 0 radical (unpaired) electrons. The van der Waals surface area contributed by atoms with Crippen LogP contribution in [0.4, 0.5) is 10.5 Å². The average Bonchev–Trinajstić information content (AvgIpc) is 2.63. The van der Waals surface area contributed by atoms with Gasteiger partial charge in [-0.1, -0.05) is 24.3 Å². The van der Waals surface area contributed by atoms with Crippen molar-refractivity contribution in [3.8, 4) is 5.75 Å². The predicted octanol–water partition coefficient (Wildman–Crippen LogP) is 5.01. The largest absolute Gasteiger partial charge is 0.417 e. The summed E-state index contributed by atoms with van der Waals surface area (Å²) in [5.74, 6) is 0.487. The van der Waals surface area contributed by atoms with Gasteiger partial charge in [-0.3, -0.25) is 15.3 Å². The molecule has 0 aliphatic rings. The number of nitrogens with zero attached hydrogens (tertiary/aromatic N) is 2. The smallest absolute Gasteiger partial charge is 0.410 e. The fraction of sp³-hybridized carbons (Fsp3) is 0.0952. The van der Waals surface area contributed by atoms with E-state index < -0.39 is 6.09 Å². The van der Waals surface area contributed by atoms with Gasteiger partial charge in [0.05, 0.1) is 16.7 Å². The van der Waals surface area contributed by atoms with Gasteiger partial charge in [-0.05, 0) is 50.2 Å². The van der Waals surface area contributed by atoms with E-state index in [0.29, 0.717) is 11.4 Å². The average molecular weight is 343 g/mol. The number of aromatic nitrogens is 2. The highest BCUT2D eigenvalue weighted by Gasteiger charge is 2.13. The minimum absolute atomic E-state index is 0.487. The number of aryl methyl sites for hydroxylation is 2. The summed E-state index contributed by atoms with van der Waals surface area (Å²) >= 11 is 0. The summed E-state index contributed by atoms with van der Waals surface area (Å²) in [5, 5.41) is 4.57. The molecule has 5 heteroatoms. The summed E-state index contributed by atoms with van der Waals surface area (Å²) in [5.41, 5.74) is 4.05. The molecule has 0 aliphatic heterocycles. The van der Waals surface area contributed by atoms with Crippen LogP contribution in [-0.4, -0.2) is 16.1 Å². The van der Waals surface area contributed by atoms with Gasteiger partial charge in [0.2, 0.25) is 0 Å². The molecular formula is C21H17N3O2. The number of ether oxygens (including phenoxy) is 1. The standard InChI is InChI=1S/C21H17N3O2/c1-13-8-10-15-12-18(24-21(25)26-16-6-4-3-5-7-16)17-11-9-14(2)23-20(17)19(15)22-13/h3-12H,1-2H3,(H,24,25). The Kier molecular flexibility index (Phi) is 3.97. The van der Waals surface area contributed by atoms with Crippen molar-refractivity contribution in [3.05, 3.63) is 72.1 Å². The molecule has 0 unspecified atom stereocenters. The van der Waals surface area contributed by atoms with E-state index in [2.05, 4.69) is 15.3 Å². The van der Waals surface area contributed by atoms with Crippen LogP contribution in [0, 0.1) is 13.8 Å². The number of carbonyl (C=O) groups is 1. The lowest BCUT2D eigenvalue weighted by Crippen LogP contribution is -2.17. The topological polar surface area (TPSA) is 64.1 Å². The first kappa shape index (κ1) is 16.0. The van der Waals surface area contributed by atoms with Crippen LogP contribution in [0.15, 0.2) is 60.7 Å². The first-order chi connectivity index (χ1) is 12.6. The van der Waals surface area contributed by atoms with Gasteiger partial charge in [-0.25, -0.2) is 4.79 Å². The lowest BCUT2D eigenvalue weighted by atomic mass is 10.1. The Balaban J connectivity index is 1.78. The Bertz CT molecular complexity index is 1120. The van der Waals surface area contributed by atoms with Crippen LogP contribution in [0.2, 0.25) is 0 Å². The maximum Gasteiger partial charge on any atom is 0.417 e. The molecule has 4 rings (SSSR count). The van der Waals surface area contributed by atoms with E-state index in [-0.39, 0.29) is 0 Å². The molecule has 4 aromatic rings. The number of para-hydroxylation sites is 1. The van der Waals surface area contributed by atoms with Gasteiger partial charge >= 0.3 is 6.09 Å². The highest BCUT2D eigenvalue weighted by molar-refractivity contribution is 6.11. The van der Waals surface area contributed by atoms with Gasteiger partial charge in [0, 0.05) is 22.2 Å². The molecule has 1 amide bonds. The van der Waals surface area contributed by atoms with E-state index >= 15 is 0 Å². The van der Waals surface area contributed by atoms with Crippen molar-refractivity contribution < 1.29 is 9.53 Å². The van der Waals surface area contributed by atoms with Crippen LogP contribution in [-0.2, 0) is 0 Å². The number of pyridine rings is 2. The van der Waals surface area contributed by atoms with Gasteiger partial charge in [0.15, 0.2) is 0 Å². The molecule has 0 saturated carbocycles. The molecule has 0 bridgehead atoms. The Morgan fingerprint density at radius 2 is 1.58 bits per heavy atom. The maximum atomic E-state index is 12.3. The van der Waals surface area contributed by atoms with Gasteiger partial charge in [-0.15, -0.1) is 0 Å². The number of amides is 1. The molecular weight excluding hydrogens is 326 g/mol. The number of rotatable bonds is 2. The fourth-order valence-electron chi connectivity index (χ4n) is 2.90. The maximum absolute atomic E-state index is 12.3. The van der Waals surface area contributed by atoms with Crippen LogP contribution in [0.25, 0.3) is 21.8 Å². The number of fused-ring (bicyclic) bond motifs is 3. The molecule has 26 heavy (non-hydrogen) atoms. The van der Waals surface area contributed by atoms with Crippen LogP contribution in [0.3, 0.4) is 0 Å². The van der Waals surface area contributed by atoms with Crippen molar-refractivity contribution in [1.29, 1.82) is 0 Å². The zero-order valence-corrected chi connectivity index (χ0v) is 14.5. The van der Waals surface area contributed by atoms with Gasteiger partial charge < -0.3 is 4.74 Å². The van der Waals surface area contributed by atoms with Crippen LogP contribution < -0.4 is 10.1 Å². The van der Waals surface area contributed by atoms with Gasteiger partial charge in [-0.2, -0.15) is 0 Å². The number of anilines is 1. The minimum Gasteiger partial charge on any atom is -0.410 e. The number of carbonyl (C=O) groups excluding carboxylic acids is 1. The number of hydrogen-bond donors (Lipinski definition) is 1. The summed E-state index contributed by atoms with van der Waals surface area (Å²) in [6.45, 7) is 3.88. The van der Waals surface area contributed by atoms with Crippen molar-refractivity contribution in [3.63, 3.8) is 0 Å². The molecule has 0 saturated heterocycles. The molecule has 0 spiro atoms. The van der Waals surface area contributed by atoms with Crippen LogP contribution in [0.5, 0.6) is 5.75 Å². The molecule has 128 valence electrons. The summed E-state index contributed by atoms with van der Waals surface area (Å²) < 4.78 is 5.34. The molecule has 1 N–H and O–H groups in total. The first-order valence-corrected chi connectivity index (χ1v) is 8.32. The van der Waals surface area contributed by atoms with Gasteiger partial charge in [0.1, 0.15) is 5.75 Å². The van der Waals surface area contributed by atoms with Crippen molar-refractivity contribution in [1.82, 2.24) is 9.97 Å². The third kappa shape index (κ3) is 3.07. The normalized spacial score (nSPS) is 10.8. The van der Waals surface area contributed by atoms with E-state index in [1.807, 2.05) is 62.4 Å².